The predicted octanol–water partition coefficient (Wildman–Crippen LogP) is 6.65. The first-order valence-electron chi connectivity index (χ1n) is 13.5. The summed E-state index contributed by atoms with van der Waals surface area (Å²) in [4.78, 5) is 34.7. The number of carbonyl (C=O) groups excluding carboxylic acids is 1. The summed E-state index contributed by atoms with van der Waals surface area (Å²) in [5, 5.41) is 3.33. The lowest BCUT2D eigenvalue weighted by Gasteiger charge is -2.30. The van der Waals surface area contributed by atoms with Gasteiger partial charge in [0.05, 0.1) is 34.6 Å². The molecule has 216 valence electrons. The molecule has 0 saturated heterocycles. The molecular formula is C30H29FN6O4S. The minimum atomic E-state index is -0.657. The minimum absolute atomic E-state index is 0.0828. The monoisotopic (exact) mass is 588 g/mol. The molecule has 0 spiro atoms. The van der Waals surface area contributed by atoms with Crippen molar-refractivity contribution < 1.29 is 23.4 Å². The predicted molar refractivity (Wildman–Crippen MR) is 157 cm³/mol. The maximum absolute atomic E-state index is 15.4. The number of ether oxygens (including phenoxy) is 3. The highest BCUT2D eigenvalue weighted by atomic mass is 32.1. The molecule has 2 aromatic carbocycles. The van der Waals surface area contributed by atoms with Crippen LogP contribution in [0.4, 0.5) is 15.0 Å². The number of carbonyl (C=O) groups is 1. The molecule has 0 radical (unpaired) electrons. The van der Waals surface area contributed by atoms with Crippen LogP contribution in [0.3, 0.4) is 0 Å². The van der Waals surface area contributed by atoms with E-state index in [-0.39, 0.29) is 11.2 Å². The van der Waals surface area contributed by atoms with Gasteiger partial charge in [0.15, 0.2) is 11.6 Å². The summed E-state index contributed by atoms with van der Waals surface area (Å²) in [6.07, 6.45) is 2.65. The molecule has 1 fully saturated rings. The molecule has 1 N–H and O–H groups in total. The molecule has 42 heavy (non-hydrogen) atoms. The van der Waals surface area contributed by atoms with E-state index in [1.165, 1.54) is 17.4 Å². The number of amides is 1. The van der Waals surface area contributed by atoms with Crippen LogP contribution in [-0.4, -0.2) is 50.3 Å². The normalized spacial score (nSPS) is 17.9. The van der Waals surface area contributed by atoms with Crippen molar-refractivity contribution >= 4 is 44.5 Å². The van der Waals surface area contributed by atoms with Crippen molar-refractivity contribution in [3.63, 3.8) is 0 Å². The molecule has 1 aliphatic rings. The average molecular weight is 589 g/mol. The minimum Gasteiger partial charge on any atom is -0.483 e. The van der Waals surface area contributed by atoms with Crippen molar-refractivity contribution in [3.05, 3.63) is 59.9 Å². The Labute approximate surface area is 245 Å². The quantitative estimate of drug-likeness (QED) is 0.232. The number of aromatic nitrogens is 5. The Kier molecular flexibility index (Phi) is 7.09. The van der Waals surface area contributed by atoms with Crippen molar-refractivity contribution in [1.82, 2.24) is 24.9 Å². The van der Waals surface area contributed by atoms with Crippen LogP contribution in [0.5, 0.6) is 11.6 Å². The third kappa shape index (κ3) is 5.41. The number of thiazole rings is 1. The van der Waals surface area contributed by atoms with Crippen molar-refractivity contribution in [2.24, 2.45) is 5.41 Å². The van der Waals surface area contributed by atoms with Gasteiger partial charge in [0, 0.05) is 29.3 Å². The average Bonchev–Trinajstić information content (AvgIpc) is 3.47. The molecule has 1 aliphatic carbocycles. The molecule has 12 heteroatoms. The summed E-state index contributed by atoms with van der Waals surface area (Å²) in [6.45, 7) is 7.71. The molecule has 10 nitrogen and oxygen atoms in total. The molecule has 0 aliphatic heterocycles. The molecule has 6 rings (SSSR count). The summed E-state index contributed by atoms with van der Waals surface area (Å²) in [5.41, 5.74) is 3.30. The lowest BCUT2D eigenvalue weighted by molar-refractivity contribution is -0.00720. The highest BCUT2D eigenvalue weighted by molar-refractivity contribution is 7.21. The van der Waals surface area contributed by atoms with Crippen molar-refractivity contribution in [3.8, 4) is 22.2 Å². The van der Waals surface area contributed by atoms with Crippen LogP contribution in [0.1, 0.15) is 38.1 Å². The van der Waals surface area contributed by atoms with E-state index in [1.807, 2.05) is 32.9 Å². The molecule has 1 amide bonds. The Morgan fingerprint density at radius 1 is 1.10 bits per heavy atom. The zero-order valence-corrected chi connectivity index (χ0v) is 24.6. The number of halogens is 1. The Bertz CT molecular complexity index is 1830. The van der Waals surface area contributed by atoms with Crippen molar-refractivity contribution in [2.45, 2.75) is 52.7 Å². The van der Waals surface area contributed by atoms with Crippen molar-refractivity contribution in [2.75, 3.05) is 12.4 Å². The number of hydrogen-bond acceptors (Lipinski definition) is 10. The van der Waals surface area contributed by atoms with E-state index >= 15 is 4.39 Å². The number of rotatable bonds is 6. The molecule has 3 heterocycles. The van der Waals surface area contributed by atoms with Gasteiger partial charge in [-0.3, -0.25) is 5.32 Å². The molecule has 1 saturated carbocycles. The Morgan fingerprint density at radius 3 is 2.71 bits per heavy atom. The van der Waals surface area contributed by atoms with E-state index in [9.17, 15) is 4.79 Å². The highest BCUT2D eigenvalue weighted by Crippen LogP contribution is 2.43. The second-order valence-electron chi connectivity index (χ2n) is 11.0. The van der Waals surface area contributed by atoms with Gasteiger partial charge in [-0.2, -0.15) is 0 Å². The lowest BCUT2D eigenvalue weighted by Crippen LogP contribution is -2.40. The Morgan fingerprint density at radius 2 is 1.93 bits per heavy atom. The van der Waals surface area contributed by atoms with Gasteiger partial charge >= 0.3 is 6.09 Å². The summed E-state index contributed by atoms with van der Waals surface area (Å²) in [6, 6.07) is 8.54. The first kappa shape index (κ1) is 27.7. The fraction of sp³-hybridized carbons (Fsp3) is 0.333. The van der Waals surface area contributed by atoms with Crippen LogP contribution >= 0.6 is 11.3 Å². The number of hydrogen-bond donors (Lipinski definition) is 1. The number of aryl methyl sites for hydroxylation is 2. The number of fused-ring (bicyclic) bond motifs is 2. The largest absolute Gasteiger partial charge is 0.483 e. The molecule has 3 aromatic heterocycles. The number of anilines is 1. The van der Waals surface area contributed by atoms with Gasteiger partial charge in [0.25, 0.3) is 0 Å². The SMILES string of the molecule is COc1cnc2c(-c3nc4cc(F)c(O[C@@H]5CCC(C)(C)[C@@H]5OC(=O)Nc5ccnc(C)n5)cc4s3)cc(C)cc2n1. The summed E-state index contributed by atoms with van der Waals surface area (Å²) in [7, 11) is 1.55. The van der Waals surface area contributed by atoms with E-state index < -0.39 is 24.1 Å². The van der Waals surface area contributed by atoms with Gasteiger partial charge < -0.3 is 14.2 Å². The number of nitrogens with one attached hydrogen (secondary N) is 1. The van der Waals surface area contributed by atoms with Crippen LogP contribution in [0.15, 0.2) is 42.7 Å². The summed E-state index contributed by atoms with van der Waals surface area (Å²) in [5.74, 6) is 0.828. The van der Waals surface area contributed by atoms with Gasteiger partial charge in [0.2, 0.25) is 5.88 Å². The first-order valence-corrected chi connectivity index (χ1v) is 14.3. The van der Waals surface area contributed by atoms with Crippen LogP contribution in [0.2, 0.25) is 0 Å². The fourth-order valence-electron chi connectivity index (χ4n) is 5.25. The number of nitrogens with zero attached hydrogens (tertiary/aromatic N) is 5. The van der Waals surface area contributed by atoms with Gasteiger partial charge in [0.1, 0.15) is 28.9 Å². The van der Waals surface area contributed by atoms with E-state index in [4.69, 9.17) is 19.2 Å². The maximum atomic E-state index is 15.4. The zero-order valence-electron chi connectivity index (χ0n) is 23.8. The van der Waals surface area contributed by atoms with Gasteiger partial charge in [-0.25, -0.2) is 34.1 Å². The van der Waals surface area contributed by atoms with E-state index in [0.717, 1.165) is 22.2 Å². The molecular weight excluding hydrogens is 559 g/mol. The van der Waals surface area contributed by atoms with Crippen LogP contribution < -0.4 is 14.8 Å². The molecule has 2 atom stereocenters. The van der Waals surface area contributed by atoms with E-state index in [0.29, 0.717) is 45.5 Å². The van der Waals surface area contributed by atoms with Crippen molar-refractivity contribution in [1.29, 1.82) is 0 Å². The zero-order chi connectivity index (χ0) is 29.6. The first-order chi connectivity index (χ1) is 20.1. The van der Waals surface area contributed by atoms with Crippen LogP contribution in [0.25, 0.3) is 31.8 Å². The Balaban J connectivity index is 1.27. The molecule has 5 aromatic rings. The van der Waals surface area contributed by atoms with Gasteiger partial charge in [-0.1, -0.05) is 13.8 Å². The highest BCUT2D eigenvalue weighted by Gasteiger charge is 2.46. The maximum Gasteiger partial charge on any atom is 0.413 e. The fourth-order valence-corrected chi connectivity index (χ4v) is 6.24. The smallest absolute Gasteiger partial charge is 0.413 e. The number of methoxy groups -OCH3 is 1. The standard InChI is InChI=1S/C30H29FN6O4S/c1-15-10-17(26-20(11-15)35-25(39-5)14-33-26)28-36-19-12-18(31)22(13-23(19)42-28)40-21-6-8-30(3,4)27(21)41-29(38)37-24-7-9-32-16(2)34-24/h7,9-14,21,27H,6,8H2,1-5H3,(H,32,34,37,38)/t21-,27-/m1/s1. The topological polar surface area (TPSA) is 121 Å². The van der Waals surface area contributed by atoms with E-state index in [1.54, 1.807) is 38.6 Å². The van der Waals surface area contributed by atoms with Gasteiger partial charge in [-0.05, 0) is 50.5 Å². The second-order valence-corrected chi connectivity index (χ2v) is 12.0. The summed E-state index contributed by atoms with van der Waals surface area (Å²) >= 11 is 1.41. The second kappa shape index (κ2) is 10.8. The third-order valence-corrected chi connectivity index (χ3v) is 8.40. The third-order valence-electron chi connectivity index (χ3n) is 7.35. The van der Waals surface area contributed by atoms with Crippen LogP contribution in [0, 0.1) is 25.1 Å². The number of benzene rings is 2. The van der Waals surface area contributed by atoms with E-state index in [2.05, 4.69) is 25.3 Å². The lowest BCUT2D eigenvalue weighted by atomic mass is 9.89. The molecule has 0 unspecified atom stereocenters. The van der Waals surface area contributed by atoms with Crippen LogP contribution in [-0.2, 0) is 4.74 Å². The van der Waals surface area contributed by atoms with Gasteiger partial charge in [-0.15, -0.1) is 11.3 Å². The Hall–Kier alpha value is -4.45. The molecule has 0 bridgehead atoms. The summed E-state index contributed by atoms with van der Waals surface area (Å²) < 4.78 is 33.4.